The monoisotopic (exact) mass is 279 g/mol. The molecule has 1 aromatic heterocycles. The molecule has 2 unspecified atom stereocenters. The molecule has 2 atom stereocenters. The maximum Gasteiger partial charge on any atom is 0.129 e. The van der Waals surface area contributed by atoms with Gasteiger partial charge in [0.1, 0.15) is 5.82 Å². The second-order valence-corrected chi connectivity index (χ2v) is 6.39. The normalized spacial score (nSPS) is 21.4. The Morgan fingerprint density at radius 2 is 2.42 bits per heavy atom. The summed E-state index contributed by atoms with van der Waals surface area (Å²) in [5.74, 6) is 3.55. The van der Waals surface area contributed by atoms with Crippen LogP contribution in [-0.4, -0.2) is 35.6 Å². The standard InChI is InChI=1S/C15H25N3S/c1-4-6-16-13(3)14-5-7-17-15(10-14)18-8-9-19-11-12(18)2/h5,7,10,12-13,16H,4,6,8-9,11H2,1-3H3. The van der Waals surface area contributed by atoms with Crippen LogP contribution in [0.3, 0.4) is 0 Å². The van der Waals surface area contributed by atoms with E-state index >= 15 is 0 Å². The zero-order valence-electron chi connectivity index (χ0n) is 12.2. The smallest absolute Gasteiger partial charge is 0.129 e. The third-order valence-corrected chi connectivity index (χ3v) is 4.82. The van der Waals surface area contributed by atoms with Crippen molar-refractivity contribution in [1.82, 2.24) is 10.3 Å². The minimum Gasteiger partial charge on any atom is -0.352 e. The predicted molar refractivity (Wildman–Crippen MR) is 85.1 cm³/mol. The van der Waals surface area contributed by atoms with Crippen LogP contribution in [0.1, 0.15) is 38.8 Å². The topological polar surface area (TPSA) is 28.2 Å². The van der Waals surface area contributed by atoms with Gasteiger partial charge in [-0.1, -0.05) is 6.92 Å². The molecule has 1 aromatic rings. The first-order chi connectivity index (χ1) is 9.22. The molecule has 0 amide bonds. The third kappa shape index (κ3) is 3.86. The molecule has 2 rings (SSSR count). The lowest BCUT2D eigenvalue weighted by molar-refractivity contribution is 0.569. The molecule has 1 saturated heterocycles. The number of rotatable bonds is 5. The van der Waals surface area contributed by atoms with Gasteiger partial charge in [0.15, 0.2) is 0 Å². The molecule has 1 aliphatic heterocycles. The summed E-state index contributed by atoms with van der Waals surface area (Å²) in [7, 11) is 0. The fourth-order valence-corrected chi connectivity index (χ4v) is 3.42. The number of anilines is 1. The summed E-state index contributed by atoms with van der Waals surface area (Å²) in [5, 5.41) is 3.54. The number of hydrogen-bond donors (Lipinski definition) is 1. The molecule has 0 spiro atoms. The van der Waals surface area contributed by atoms with Gasteiger partial charge >= 0.3 is 0 Å². The van der Waals surface area contributed by atoms with E-state index < -0.39 is 0 Å². The number of hydrogen-bond acceptors (Lipinski definition) is 4. The first-order valence-corrected chi connectivity index (χ1v) is 8.41. The molecule has 3 nitrogen and oxygen atoms in total. The molecule has 1 fully saturated rings. The fourth-order valence-electron chi connectivity index (χ4n) is 2.41. The Labute approximate surface area is 121 Å². The summed E-state index contributed by atoms with van der Waals surface area (Å²) >= 11 is 2.04. The van der Waals surface area contributed by atoms with Crippen molar-refractivity contribution in [2.75, 3.05) is 29.5 Å². The van der Waals surface area contributed by atoms with Gasteiger partial charge < -0.3 is 10.2 Å². The van der Waals surface area contributed by atoms with Crippen molar-refractivity contribution in [2.24, 2.45) is 0 Å². The molecule has 0 bridgehead atoms. The van der Waals surface area contributed by atoms with Gasteiger partial charge in [-0.2, -0.15) is 11.8 Å². The highest BCUT2D eigenvalue weighted by Crippen LogP contribution is 2.24. The van der Waals surface area contributed by atoms with E-state index in [9.17, 15) is 0 Å². The number of nitrogens with zero attached hydrogens (tertiary/aromatic N) is 2. The molecule has 1 aliphatic rings. The molecule has 106 valence electrons. The molecular weight excluding hydrogens is 254 g/mol. The van der Waals surface area contributed by atoms with Gasteiger partial charge in [0.2, 0.25) is 0 Å². The summed E-state index contributed by atoms with van der Waals surface area (Å²) in [6, 6.07) is 5.36. The van der Waals surface area contributed by atoms with E-state index in [2.05, 4.69) is 48.1 Å². The Hall–Kier alpha value is -0.740. The summed E-state index contributed by atoms with van der Waals surface area (Å²) in [4.78, 5) is 7.00. The van der Waals surface area contributed by atoms with Crippen molar-refractivity contribution in [3.8, 4) is 0 Å². The van der Waals surface area contributed by atoms with Crippen molar-refractivity contribution < 1.29 is 0 Å². The first-order valence-electron chi connectivity index (χ1n) is 7.26. The maximum absolute atomic E-state index is 4.57. The van der Waals surface area contributed by atoms with Crippen LogP contribution in [0.5, 0.6) is 0 Å². The van der Waals surface area contributed by atoms with E-state index in [1.807, 2.05) is 18.0 Å². The number of thioether (sulfide) groups is 1. The Morgan fingerprint density at radius 3 is 3.16 bits per heavy atom. The van der Waals surface area contributed by atoms with Gasteiger partial charge in [-0.05, 0) is 44.5 Å². The van der Waals surface area contributed by atoms with Gasteiger partial charge in [-0.15, -0.1) is 0 Å². The van der Waals surface area contributed by atoms with Crippen molar-refractivity contribution in [2.45, 2.75) is 39.3 Å². The van der Waals surface area contributed by atoms with Crippen LogP contribution in [0.2, 0.25) is 0 Å². The van der Waals surface area contributed by atoms with Crippen LogP contribution >= 0.6 is 11.8 Å². The zero-order valence-corrected chi connectivity index (χ0v) is 13.0. The van der Waals surface area contributed by atoms with Gasteiger partial charge in [-0.3, -0.25) is 0 Å². The second kappa shape index (κ2) is 7.15. The molecule has 19 heavy (non-hydrogen) atoms. The van der Waals surface area contributed by atoms with Crippen LogP contribution in [0.4, 0.5) is 5.82 Å². The highest BCUT2D eigenvalue weighted by atomic mass is 32.2. The Bertz CT molecular complexity index is 397. The SMILES string of the molecule is CCCNC(C)c1ccnc(N2CCSCC2C)c1. The lowest BCUT2D eigenvalue weighted by Crippen LogP contribution is -2.41. The first kappa shape index (κ1) is 14.7. The van der Waals surface area contributed by atoms with Crippen LogP contribution in [0, 0.1) is 0 Å². The number of aromatic nitrogens is 1. The minimum absolute atomic E-state index is 0.399. The average Bonchev–Trinajstić information content (AvgIpc) is 2.45. The van der Waals surface area contributed by atoms with E-state index in [0.717, 1.165) is 18.9 Å². The summed E-state index contributed by atoms with van der Waals surface area (Å²) in [6.45, 7) is 8.89. The molecule has 0 aliphatic carbocycles. The Balaban J connectivity index is 2.09. The predicted octanol–water partition coefficient (Wildman–Crippen LogP) is 3.08. The molecule has 4 heteroatoms. The van der Waals surface area contributed by atoms with Crippen molar-refractivity contribution in [3.05, 3.63) is 23.9 Å². The molecular formula is C15H25N3S. The Kier molecular flexibility index (Phi) is 5.52. The van der Waals surface area contributed by atoms with Gasteiger partial charge in [0.05, 0.1) is 0 Å². The molecule has 0 radical (unpaired) electrons. The molecule has 2 heterocycles. The maximum atomic E-state index is 4.57. The lowest BCUT2D eigenvalue weighted by atomic mass is 10.1. The molecule has 1 N–H and O–H groups in total. The summed E-state index contributed by atoms with van der Waals surface area (Å²) in [6.07, 6.45) is 3.12. The van der Waals surface area contributed by atoms with E-state index in [4.69, 9.17) is 0 Å². The lowest BCUT2D eigenvalue weighted by Gasteiger charge is -2.34. The number of pyridine rings is 1. The third-order valence-electron chi connectivity index (χ3n) is 3.63. The average molecular weight is 279 g/mol. The van der Waals surface area contributed by atoms with Crippen LogP contribution < -0.4 is 10.2 Å². The summed E-state index contributed by atoms with van der Waals surface area (Å²) < 4.78 is 0. The van der Waals surface area contributed by atoms with Gasteiger partial charge in [0.25, 0.3) is 0 Å². The highest BCUT2D eigenvalue weighted by Gasteiger charge is 2.20. The van der Waals surface area contributed by atoms with Crippen LogP contribution in [0.25, 0.3) is 0 Å². The van der Waals surface area contributed by atoms with E-state index in [1.165, 1.54) is 23.5 Å². The largest absolute Gasteiger partial charge is 0.352 e. The van der Waals surface area contributed by atoms with Crippen LogP contribution in [-0.2, 0) is 0 Å². The fraction of sp³-hybridized carbons (Fsp3) is 0.667. The number of nitrogens with one attached hydrogen (secondary N) is 1. The minimum atomic E-state index is 0.399. The van der Waals surface area contributed by atoms with Gasteiger partial charge in [-0.25, -0.2) is 4.98 Å². The zero-order chi connectivity index (χ0) is 13.7. The molecule has 0 saturated carbocycles. The van der Waals surface area contributed by atoms with E-state index in [1.54, 1.807) is 0 Å². The van der Waals surface area contributed by atoms with Crippen LogP contribution in [0.15, 0.2) is 18.3 Å². The van der Waals surface area contributed by atoms with E-state index in [0.29, 0.717) is 12.1 Å². The summed E-state index contributed by atoms with van der Waals surface area (Å²) in [5.41, 5.74) is 1.34. The quantitative estimate of drug-likeness (QED) is 0.896. The van der Waals surface area contributed by atoms with Crippen molar-refractivity contribution in [3.63, 3.8) is 0 Å². The highest BCUT2D eigenvalue weighted by molar-refractivity contribution is 7.99. The van der Waals surface area contributed by atoms with E-state index in [-0.39, 0.29) is 0 Å². The second-order valence-electron chi connectivity index (χ2n) is 5.24. The van der Waals surface area contributed by atoms with Gasteiger partial charge in [0, 0.05) is 36.3 Å². The van der Waals surface area contributed by atoms with Crippen molar-refractivity contribution in [1.29, 1.82) is 0 Å². The van der Waals surface area contributed by atoms with Crippen molar-refractivity contribution >= 4 is 17.6 Å². The Morgan fingerprint density at radius 1 is 1.58 bits per heavy atom. The molecule has 0 aromatic carbocycles.